The maximum atomic E-state index is 9.50. The molecular formula is C20H15Cl2N3. The Morgan fingerprint density at radius 3 is 2.12 bits per heavy atom. The first-order valence-corrected chi connectivity index (χ1v) is 8.42. The van der Waals surface area contributed by atoms with Crippen LogP contribution in [0.4, 0.5) is 11.5 Å². The Morgan fingerprint density at radius 1 is 0.880 bits per heavy atom. The summed E-state index contributed by atoms with van der Waals surface area (Å²) in [5, 5.41) is 13.8. The van der Waals surface area contributed by atoms with E-state index < -0.39 is 0 Å². The number of aryl methyl sites for hydroxylation is 2. The Morgan fingerprint density at radius 2 is 1.52 bits per heavy atom. The summed E-state index contributed by atoms with van der Waals surface area (Å²) in [6.45, 7) is 4.06. The summed E-state index contributed by atoms with van der Waals surface area (Å²) in [7, 11) is 0. The van der Waals surface area contributed by atoms with Crippen molar-refractivity contribution >= 4 is 34.7 Å². The molecule has 0 radical (unpaired) electrons. The van der Waals surface area contributed by atoms with Gasteiger partial charge < -0.3 is 5.32 Å². The van der Waals surface area contributed by atoms with Crippen LogP contribution in [-0.2, 0) is 0 Å². The summed E-state index contributed by atoms with van der Waals surface area (Å²) in [5.41, 5.74) is 5.25. The average molecular weight is 368 g/mol. The molecular weight excluding hydrogens is 353 g/mol. The lowest BCUT2D eigenvalue weighted by Gasteiger charge is -2.11. The summed E-state index contributed by atoms with van der Waals surface area (Å²) in [5.74, 6) is 0.518. The average Bonchev–Trinajstić information content (AvgIpc) is 2.53. The molecule has 0 amide bonds. The molecule has 0 fully saturated rings. The molecule has 124 valence electrons. The van der Waals surface area contributed by atoms with E-state index in [-0.39, 0.29) is 0 Å². The van der Waals surface area contributed by atoms with Gasteiger partial charge in [0.2, 0.25) is 0 Å². The fourth-order valence-corrected chi connectivity index (χ4v) is 3.24. The Hall–Kier alpha value is -2.54. The molecule has 0 unspecified atom stereocenters. The van der Waals surface area contributed by atoms with Crippen molar-refractivity contribution in [2.45, 2.75) is 13.8 Å². The highest BCUT2D eigenvalue weighted by molar-refractivity contribution is 6.35. The van der Waals surface area contributed by atoms with E-state index in [1.165, 1.54) is 0 Å². The van der Waals surface area contributed by atoms with Crippen LogP contribution in [0.25, 0.3) is 11.1 Å². The van der Waals surface area contributed by atoms with Crippen LogP contribution in [-0.4, -0.2) is 4.98 Å². The zero-order valence-corrected chi connectivity index (χ0v) is 15.3. The molecule has 0 aliphatic rings. The lowest BCUT2D eigenvalue weighted by atomic mass is 10.1. The van der Waals surface area contributed by atoms with Crippen molar-refractivity contribution in [3.05, 3.63) is 75.4 Å². The van der Waals surface area contributed by atoms with Crippen molar-refractivity contribution in [1.82, 2.24) is 4.98 Å². The minimum absolute atomic E-state index is 0.452. The molecule has 5 heteroatoms. The maximum Gasteiger partial charge on any atom is 0.148 e. The van der Waals surface area contributed by atoms with Gasteiger partial charge >= 0.3 is 0 Å². The molecule has 0 bridgehead atoms. The van der Waals surface area contributed by atoms with Gasteiger partial charge in [-0.3, -0.25) is 0 Å². The van der Waals surface area contributed by atoms with Crippen molar-refractivity contribution in [2.75, 3.05) is 5.32 Å². The van der Waals surface area contributed by atoms with Crippen molar-refractivity contribution < 1.29 is 0 Å². The summed E-state index contributed by atoms with van der Waals surface area (Å²) in [4.78, 5) is 4.42. The molecule has 0 saturated heterocycles. The number of rotatable bonds is 3. The monoisotopic (exact) mass is 367 g/mol. The van der Waals surface area contributed by atoms with Crippen LogP contribution in [0.15, 0.2) is 48.7 Å². The molecule has 3 nitrogen and oxygen atoms in total. The second kappa shape index (κ2) is 7.14. The highest BCUT2D eigenvalue weighted by Gasteiger charge is 2.09. The highest BCUT2D eigenvalue weighted by atomic mass is 35.5. The zero-order valence-electron chi connectivity index (χ0n) is 13.8. The lowest BCUT2D eigenvalue weighted by Crippen LogP contribution is -1.98. The first-order valence-electron chi connectivity index (χ1n) is 7.66. The number of benzene rings is 2. The summed E-state index contributed by atoms with van der Waals surface area (Å²) in [6.07, 6.45) is 1.70. The van der Waals surface area contributed by atoms with Gasteiger partial charge in [0, 0.05) is 27.5 Å². The minimum atomic E-state index is 0.452. The third-order valence-corrected chi connectivity index (χ3v) is 4.12. The molecule has 1 N–H and O–H groups in total. The van der Waals surface area contributed by atoms with Crippen molar-refractivity contribution in [1.29, 1.82) is 5.26 Å². The molecule has 0 spiro atoms. The predicted octanol–water partition coefficient (Wildman–Crippen LogP) is 6.29. The van der Waals surface area contributed by atoms with Crippen molar-refractivity contribution in [3.63, 3.8) is 0 Å². The molecule has 1 heterocycles. The van der Waals surface area contributed by atoms with Gasteiger partial charge in [0.25, 0.3) is 0 Å². The first kappa shape index (κ1) is 17.3. The second-order valence-corrected chi connectivity index (χ2v) is 6.76. The van der Waals surface area contributed by atoms with Gasteiger partial charge in [-0.15, -0.1) is 0 Å². The normalized spacial score (nSPS) is 10.4. The number of aromatic nitrogens is 1. The van der Waals surface area contributed by atoms with Gasteiger partial charge in [-0.1, -0.05) is 29.3 Å². The molecule has 25 heavy (non-hydrogen) atoms. The standard InChI is InChI=1S/C20H15Cl2N3/c1-12-3-13(2)5-19(4-12)25-20-15(10-23)6-16(11-24-20)14-7-17(21)9-18(22)8-14/h3-9,11H,1-2H3,(H,24,25). The number of nitrogens with zero attached hydrogens (tertiary/aromatic N) is 2. The number of nitriles is 1. The van der Waals surface area contributed by atoms with E-state index in [0.29, 0.717) is 21.4 Å². The molecule has 3 rings (SSSR count). The topological polar surface area (TPSA) is 48.7 Å². The largest absolute Gasteiger partial charge is 0.339 e. The Bertz CT molecular complexity index is 950. The number of pyridine rings is 1. The van der Waals surface area contributed by atoms with Crippen LogP contribution in [0.5, 0.6) is 0 Å². The Kier molecular flexibility index (Phi) is 4.94. The van der Waals surface area contributed by atoms with Crippen LogP contribution in [0.2, 0.25) is 10.0 Å². The summed E-state index contributed by atoms with van der Waals surface area (Å²) >= 11 is 12.1. The van der Waals surface area contributed by atoms with Gasteiger partial charge in [0.05, 0.1) is 5.56 Å². The van der Waals surface area contributed by atoms with Crippen LogP contribution in [0.1, 0.15) is 16.7 Å². The van der Waals surface area contributed by atoms with Gasteiger partial charge in [0.15, 0.2) is 0 Å². The van der Waals surface area contributed by atoms with Gasteiger partial charge in [-0.2, -0.15) is 5.26 Å². The molecule has 2 aromatic carbocycles. The second-order valence-electron chi connectivity index (χ2n) is 5.89. The highest BCUT2D eigenvalue weighted by Crippen LogP contribution is 2.29. The maximum absolute atomic E-state index is 9.50. The third-order valence-electron chi connectivity index (χ3n) is 3.69. The third kappa shape index (κ3) is 4.11. The number of halogens is 2. The Labute approximate surface area is 156 Å². The molecule has 3 aromatic rings. The van der Waals surface area contributed by atoms with E-state index in [2.05, 4.69) is 22.4 Å². The van der Waals surface area contributed by atoms with E-state index >= 15 is 0 Å². The minimum Gasteiger partial charge on any atom is -0.339 e. The SMILES string of the molecule is Cc1cc(C)cc(Nc2ncc(-c3cc(Cl)cc(Cl)c3)cc2C#N)c1. The van der Waals surface area contributed by atoms with Crippen LogP contribution in [0.3, 0.4) is 0 Å². The molecule has 0 aliphatic heterocycles. The summed E-state index contributed by atoms with van der Waals surface area (Å²) in [6, 6.07) is 15.3. The van der Waals surface area contributed by atoms with Gasteiger partial charge in [-0.05, 0) is 66.9 Å². The van der Waals surface area contributed by atoms with Crippen LogP contribution >= 0.6 is 23.2 Å². The fourth-order valence-electron chi connectivity index (χ4n) is 2.71. The number of hydrogen-bond acceptors (Lipinski definition) is 3. The van der Waals surface area contributed by atoms with E-state index in [1.807, 2.05) is 26.0 Å². The van der Waals surface area contributed by atoms with Gasteiger partial charge in [-0.25, -0.2) is 4.98 Å². The molecule has 0 aliphatic carbocycles. The molecule has 0 saturated carbocycles. The number of anilines is 2. The molecule has 0 atom stereocenters. The van der Waals surface area contributed by atoms with E-state index in [0.717, 1.165) is 27.9 Å². The van der Waals surface area contributed by atoms with Crippen LogP contribution in [0, 0.1) is 25.2 Å². The Balaban J connectivity index is 1.98. The van der Waals surface area contributed by atoms with E-state index in [4.69, 9.17) is 23.2 Å². The smallest absolute Gasteiger partial charge is 0.148 e. The quantitative estimate of drug-likeness (QED) is 0.591. The van der Waals surface area contributed by atoms with Gasteiger partial charge in [0.1, 0.15) is 11.9 Å². The van der Waals surface area contributed by atoms with Crippen LogP contribution < -0.4 is 5.32 Å². The van der Waals surface area contributed by atoms with Crippen molar-refractivity contribution in [2.24, 2.45) is 0 Å². The fraction of sp³-hybridized carbons (Fsp3) is 0.100. The molecule has 1 aromatic heterocycles. The number of hydrogen-bond donors (Lipinski definition) is 1. The number of nitrogens with one attached hydrogen (secondary N) is 1. The first-order chi connectivity index (χ1) is 11.9. The lowest BCUT2D eigenvalue weighted by molar-refractivity contribution is 1.28. The summed E-state index contributed by atoms with van der Waals surface area (Å²) < 4.78 is 0. The van der Waals surface area contributed by atoms with Crippen molar-refractivity contribution in [3.8, 4) is 17.2 Å². The van der Waals surface area contributed by atoms with E-state index in [1.54, 1.807) is 30.5 Å². The van der Waals surface area contributed by atoms with E-state index in [9.17, 15) is 5.26 Å². The predicted molar refractivity (Wildman–Crippen MR) is 104 cm³/mol. The zero-order chi connectivity index (χ0) is 18.0.